The van der Waals surface area contributed by atoms with Crippen molar-refractivity contribution in [3.8, 4) is 22.9 Å². The maximum atomic E-state index is 12.9. The monoisotopic (exact) mass is 580 g/mol. The van der Waals surface area contributed by atoms with Crippen molar-refractivity contribution in [2.24, 2.45) is 0 Å². The zero-order valence-corrected chi connectivity index (χ0v) is 23.9. The molecule has 210 valence electrons. The standard InChI is InChI=1S/C29H32N6O3S.ClH/c1-19-12-13-22-23(9-3-11-26(22)35-39(36,37)21-7-2-8-21)27(19)38-28-24(10-5-16-31-28)25-14-17-32-29(34-25)33-20-6-4-15-30-18-20;/h3,5,9-14,16-17,20-21,30,35H,2,4,6-8,15,18H2,1H3,(H,32,33,34);1H/t20-;/m0./s1. The molecule has 1 saturated carbocycles. The van der Waals surface area contributed by atoms with Crippen LogP contribution in [0.1, 0.15) is 37.7 Å². The van der Waals surface area contributed by atoms with Gasteiger partial charge in [0.05, 0.1) is 22.2 Å². The van der Waals surface area contributed by atoms with Crippen molar-refractivity contribution in [1.29, 1.82) is 0 Å². The molecular formula is C29H33ClN6O3S. The normalized spacial score (nSPS) is 17.5. The number of anilines is 2. The second-order valence-electron chi connectivity index (χ2n) is 10.2. The van der Waals surface area contributed by atoms with E-state index < -0.39 is 10.0 Å². The van der Waals surface area contributed by atoms with Crippen LogP contribution in [-0.2, 0) is 10.0 Å². The molecular weight excluding hydrogens is 548 g/mol. The van der Waals surface area contributed by atoms with E-state index in [1.54, 1.807) is 18.5 Å². The van der Waals surface area contributed by atoms with Gasteiger partial charge in [0, 0.05) is 35.8 Å². The Bertz CT molecular complexity index is 1610. The Balaban J connectivity index is 0.00000323. The minimum Gasteiger partial charge on any atom is -0.437 e. The van der Waals surface area contributed by atoms with Crippen LogP contribution < -0.4 is 20.1 Å². The highest BCUT2D eigenvalue weighted by Crippen LogP contribution is 2.39. The van der Waals surface area contributed by atoms with E-state index in [-0.39, 0.29) is 23.7 Å². The van der Waals surface area contributed by atoms with Gasteiger partial charge in [-0.1, -0.05) is 30.7 Å². The fraction of sp³-hybridized carbons (Fsp3) is 0.345. The van der Waals surface area contributed by atoms with Crippen LogP contribution in [0.2, 0.25) is 0 Å². The third-order valence-corrected chi connectivity index (χ3v) is 9.34. The van der Waals surface area contributed by atoms with Gasteiger partial charge in [0.25, 0.3) is 0 Å². The van der Waals surface area contributed by atoms with Crippen molar-refractivity contribution < 1.29 is 13.2 Å². The molecule has 40 heavy (non-hydrogen) atoms. The summed E-state index contributed by atoms with van der Waals surface area (Å²) in [6, 6.07) is 15.3. The van der Waals surface area contributed by atoms with Gasteiger partial charge in [-0.25, -0.2) is 23.4 Å². The number of pyridine rings is 1. The Hall–Kier alpha value is -3.47. The number of hydrogen-bond donors (Lipinski definition) is 3. The Kier molecular flexibility index (Phi) is 8.39. The third-order valence-electron chi connectivity index (χ3n) is 7.48. The van der Waals surface area contributed by atoms with Crippen LogP contribution in [-0.4, -0.2) is 47.8 Å². The number of rotatable bonds is 8. The summed E-state index contributed by atoms with van der Waals surface area (Å²) >= 11 is 0. The molecule has 6 rings (SSSR count). The number of ether oxygens (including phenoxy) is 1. The van der Waals surface area contributed by atoms with E-state index in [4.69, 9.17) is 9.72 Å². The summed E-state index contributed by atoms with van der Waals surface area (Å²) in [5, 5.41) is 8.08. The first-order valence-electron chi connectivity index (χ1n) is 13.5. The lowest BCUT2D eigenvalue weighted by Gasteiger charge is -2.26. The Morgan fingerprint density at radius 1 is 0.950 bits per heavy atom. The average molecular weight is 581 g/mol. The molecule has 2 aromatic heterocycles. The van der Waals surface area contributed by atoms with Crippen molar-refractivity contribution in [3.05, 3.63) is 66.5 Å². The van der Waals surface area contributed by atoms with Gasteiger partial charge in [-0.3, -0.25) is 4.72 Å². The van der Waals surface area contributed by atoms with Crippen LogP contribution in [0.5, 0.6) is 11.6 Å². The number of aromatic nitrogens is 3. The lowest BCUT2D eigenvalue weighted by molar-refractivity contribution is 0.466. The summed E-state index contributed by atoms with van der Waals surface area (Å²) < 4.78 is 35.0. The van der Waals surface area contributed by atoms with Crippen LogP contribution in [0.3, 0.4) is 0 Å². The minimum absolute atomic E-state index is 0. The van der Waals surface area contributed by atoms with E-state index in [0.717, 1.165) is 54.3 Å². The average Bonchev–Trinajstić information content (AvgIpc) is 2.90. The molecule has 0 bridgehead atoms. The molecule has 2 fully saturated rings. The van der Waals surface area contributed by atoms with E-state index in [1.165, 1.54) is 0 Å². The lowest BCUT2D eigenvalue weighted by atomic mass is 10.0. The molecule has 0 unspecified atom stereocenters. The predicted molar refractivity (Wildman–Crippen MR) is 161 cm³/mol. The van der Waals surface area contributed by atoms with Gasteiger partial charge in [-0.05, 0) is 69.0 Å². The number of hydrogen-bond acceptors (Lipinski definition) is 8. The van der Waals surface area contributed by atoms with Crippen LogP contribution >= 0.6 is 12.4 Å². The third kappa shape index (κ3) is 5.84. The first kappa shape index (κ1) is 28.1. The van der Waals surface area contributed by atoms with Crippen LogP contribution in [0.4, 0.5) is 11.6 Å². The van der Waals surface area contributed by atoms with Crippen molar-refractivity contribution in [2.45, 2.75) is 50.3 Å². The van der Waals surface area contributed by atoms with Gasteiger partial charge < -0.3 is 15.4 Å². The number of nitrogens with one attached hydrogen (secondary N) is 3. The minimum atomic E-state index is -3.43. The maximum Gasteiger partial charge on any atom is 0.235 e. The Morgan fingerprint density at radius 3 is 2.60 bits per heavy atom. The highest BCUT2D eigenvalue weighted by molar-refractivity contribution is 7.93. The summed E-state index contributed by atoms with van der Waals surface area (Å²) in [4.78, 5) is 13.7. The zero-order chi connectivity index (χ0) is 26.8. The molecule has 1 atom stereocenters. The number of fused-ring (bicyclic) bond motifs is 1. The Labute approximate surface area is 240 Å². The van der Waals surface area contributed by atoms with Crippen molar-refractivity contribution >= 4 is 44.8 Å². The second-order valence-corrected chi connectivity index (χ2v) is 12.2. The number of piperidine rings is 1. The fourth-order valence-corrected chi connectivity index (χ4v) is 6.69. The van der Waals surface area contributed by atoms with Gasteiger partial charge in [0.2, 0.25) is 21.9 Å². The molecule has 2 aliphatic rings. The molecule has 1 aliphatic heterocycles. The number of aryl methyl sites for hydroxylation is 1. The van der Waals surface area contributed by atoms with Gasteiger partial charge in [0.15, 0.2) is 0 Å². The Morgan fingerprint density at radius 2 is 1.82 bits per heavy atom. The molecule has 1 saturated heterocycles. The van der Waals surface area contributed by atoms with E-state index in [2.05, 4.69) is 25.3 Å². The van der Waals surface area contributed by atoms with E-state index >= 15 is 0 Å². The quantitative estimate of drug-likeness (QED) is 0.244. The summed E-state index contributed by atoms with van der Waals surface area (Å²) in [6.07, 6.45) is 7.97. The van der Waals surface area contributed by atoms with E-state index in [1.807, 2.05) is 49.4 Å². The number of nitrogens with zero attached hydrogens (tertiary/aromatic N) is 3. The van der Waals surface area contributed by atoms with Crippen LogP contribution in [0.25, 0.3) is 22.0 Å². The predicted octanol–water partition coefficient (Wildman–Crippen LogP) is 5.67. The van der Waals surface area contributed by atoms with Gasteiger partial charge in [-0.15, -0.1) is 12.4 Å². The van der Waals surface area contributed by atoms with Gasteiger partial charge >= 0.3 is 0 Å². The summed E-state index contributed by atoms with van der Waals surface area (Å²) in [5.74, 6) is 1.61. The lowest BCUT2D eigenvalue weighted by Crippen LogP contribution is -2.38. The van der Waals surface area contributed by atoms with Crippen molar-refractivity contribution in [3.63, 3.8) is 0 Å². The number of benzene rings is 2. The van der Waals surface area contributed by atoms with Gasteiger partial charge in [-0.2, -0.15) is 0 Å². The SMILES string of the molecule is Cc1ccc2c(NS(=O)(=O)C3CCC3)cccc2c1Oc1ncccc1-c1ccnc(N[C@H]2CCCNC2)n1.Cl. The first-order valence-corrected chi connectivity index (χ1v) is 15.0. The summed E-state index contributed by atoms with van der Waals surface area (Å²) in [5.41, 5.74) is 2.90. The molecule has 1 aliphatic carbocycles. The molecule has 0 amide bonds. The molecule has 3 heterocycles. The molecule has 9 nitrogen and oxygen atoms in total. The molecule has 11 heteroatoms. The van der Waals surface area contributed by atoms with Crippen molar-refractivity contribution in [1.82, 2.24) is 20.3 Å². The zero-order valence-electron chi connectivity index (χ0n) is 22.3. The molecule has 0 radical (unpaired) electrons. The number of sulfonamides is 1. The largest absolute Gasteiger partial charge is 0.437 e. The molecule has 4 aromatic rings. The highest BCUT2D eigenvalue weighted by atomic mass is 35.5. The van der Waals surface area contributed by atoms with Crippen molar-refractivity contribution in [2.75, 3.05) is 23.1 Å². The smallest absolute Gasteiger partial charge is 0.235 e. The van der Waals surface area contributed by atoms with E-state index in [9.17, 15) is 8.42 Å². The molecule has 3 N–H and O–H groups in total. The summed E-state index contributed by atoms with van der Waals surface area (Å²) in [6.45, 7) is 3.89. The van der Waals surface area contributed by atoms with E-state index in [0.29, 0.717) is 41.8 Å². The second kappa shape index (κ2) is 12.0. The molecule has 0 spiro atoms. The highest BCUT2D eigenvalue weighted by Gasteiger charge is 2.31. The van der Waals surface area contributed by atoms with Crippen LogP contribution in [0, 0.1) is 6.92 Å². The molecule has 2 aromatic carbocycles. The summed E-state index contributed by atoms with van der Waals surface area (Å²) in [7, 11) is -3.43. The van der Waals surface area contributed by atoms with Crippen LogP contribution in [0.15, 0.2) is 60.9 Å². The fourth-order valence-electron chi connectivity index (χ4n) is 5.08. The van der Waals surface area contributed by atoms with Gasteiger partial charge in [0.1, 0.15) is 5.75 Å². The maximum absolute atomic E-state index is 12.9. The topological polar surface area (TPSA) is 118 Å². The number of halogens is 1. The first-order chi connectivity index (χ1) is 19.0.